The number of hydrogen-bond donors (Lipinski definition) is 7. The Bertz CT molecular complexity index is 3430. The van der Waals surface area contributed by atoms with Crippen LogP contribution in [-0.2, 0) is 64.6 Å². The van der Waals surface area contributed by atoms with Crippen molar-refractivity contribution < 1.29 is 82.4 Å². The van der Waals surface area contributed by atoms with Crippen LogP contribution in [0.3, 0.4) is 0 Å². The summed E-state index contributed by atoms with van der Waals surface area (Å²) in [6.45, 7) is -2.18. The Morgan fingerprint density at radius 3 is 1.60 bits per heavy atom. The highest BCUT2D eigenvalue weighted by Crippen LogP contribution is 2.53. The van der Waals surface area contributed by atoms with E-state index in [2.05, 4.69) is 48.8 Å². The predicted octanol–water partition coefficient (Wildman–Crippen LogP) is 0.269. The van der Waals surface area contributed by atoms with Crippen molar-refractivity contribution in [2.24, 2.45) is 0 Å². The highest BCUT2D eigenvalue weighted by molar-refractivity contribution is 7.88. The van der Waals surface area contributed by atoms with E-state index in [1.54, 1.807) is 0 Å². The van der Waals surface area contributed by atoms with E-state index >= 15 is 0 Å². The van der Waals surface area contributed by atoms with E-state index in [1.807, 2.05) is 0 Å². The molecule has 33 nitrogen and oxygen atoms in total. The van der Waals surface area contributed by atoms with Gasteiger partial charge in [-0.3, -0.25) is 36.4 Å². The molecule has 390 valence electrons. The van der Waals surface area contributed by atoms with Gasteiger partial charge in [-0.15, -0.1) is 0 Å². The van der Waals surface area contributed by atoms with Crippen molar-refractivity contribution >= 4 is 89.9 Å². The molecule has 1 aromatic carbocycles. The van der Waals surface area contributed by atoms with Crippen LogP contribution in [0.25, 0.3) is 33.5 Å². The second-order valence-electron chi connectivity index (χ2n) is 16.4. The van der Waals surface area contributed by atoms with Crippen LogP contribution in [0.4, 0.5) is 17.5 Å². The number of anilines is 3. The van der Waals surface area contributed by atoms with E-state index in [0.29, 0.717) is 11.2 Å². The van der Waals surface area contributed by atoms with Gasteiger partial charge >= 0.3 is 33.6 Å². The van der Waals surface area contributed by atoms with Gasteiger partial charge in [-0.05, 0) is 12.1 Å². The third-order valence-electron chi connectivity index (χ3n) is 11.5. The summed E-state index contributed by atoms with van der Waals surface area (Å²) in [5.41, 5.74) is 19.0. The molecule has 73 heavy (non-hydrogen) atoms. The molecule has 6 aromatic heterocycles. The van der Waals surface area contributed by atoms with E-state index in [4.69, 9.17) is 53.7 Å². The summed E-state index contributed by atoms with van der Waals surface area (Å²) in [5.74, 6) is 0.104. The van der Waals surface area contributed by atoms with Crippen molar-refractivity contribution in [3.8, 4) is 0 Å². The van der Waals surface area contributed by atoms with Crippen molar-refractivity contribution in [2.45, 2.75) is 74.6 Å². The number of ether oxygens (including phenoxy) is 3. The lowest BCUT2D eigenvalue weighted by Gasteiger charge is -2.24. The summed E-state index contributed by atoms with van der Waals surface area (Å²) in [5, 5.41) is 10.5. The fraction of sp³-hybridized carbons (Fsp3) is 0.417. The minimum Gasteiger partial charge on any atom is -0.390 e. The molecule has 3 fully saturated rings. The topological polar surface area (TPSA) is 458 Å². The first-order chi connectivity index (χ1) is 34.7. The Balaban J connectivity index is 0.820. The summed E-state index contributed by atoms with van der Waals surface area (Å²) in [7, 11) is -20.3. The van der Waals surface area contributed by atoms with Gasteiger partial charge in [0, 0.05) is 19.3 Å². The summed E-state index contributed by atoms with van der Waals surface area (Å²) in [6.07, 6.45) is -4.35. The Morgan fingerprint density at radius 2 is 1.08 bits per heavy atom. The van der Waals surface area contributed by atoms with Crippen molar-refractivity contribution in [1.29, 1.82) is 0 Å². The van der Waals surface area contributed by atoms with E-state index in [1.165, 1.54) is 69.3 Å². The summed E-state index contributed by atoms with van der Waals surface area (Å²) in [6, 6.07) is 6.69. The zero-order chi connectivity index (χ0) is 51.5. The van der Waals surface area contributed by atoms with E-state index < -0.39 is 109 Å². The molecule has 10 rings (SSSR count). The molecule has 0 spiro atoms. The molecule has 3 aliphatic heterocycles. The van der Waals surface area contributed by atoms with Crippen LogP contribution in [0.1, 0.15) is 37.9 Å². The van der Waals surface area contributed by atoms with Crippen LogP contribution in [0, 0.1) is 0 Å². The first-order valence-electron chi connectivity index (χ1n) is 21.5. The quantitative estimate of drug-likeness (QED) is 0.0534. The molecule has 7 aromatic rings. The fourth-order valence-corrected chi connectivity index (χ4v) is 12.5. The molecular formula is C36H42N15O18P3S. The molecule has 0 aliphatic carbocycles. The maximum atomic E-state index is 13.8. The summed E-state index contributed by atoms with van der Waals surface area (Å²) in [4.78, 5) is 69.5. The number of aromatic nitrogens is 12. The molecule has 0 bridgehead atoms. The summed E-state index contributed by atoms with van der Waals surface area (Å²) >= 11 is 0. The number of aliphatic hydroxyl groups is 1. The number of nitrogen functional groups attached to an aromatic ring is 3. The van der Waals surface area contributed by atoms with Gasteiger partial charge < -0.3 is 51.2 Å². The molecule has 3 aliphatic rings. The number of fused-ring (bicyclic) bond motifs is 3. The standard InChI is InChI=1S/C36H42N15O18P3S/c37-29-26-32(43-12-40-29)49(15-46-26)25-8-21(52)24(66-25)11-62-72(57,58)68-22-6-18(64-35(22)50-16-47-27-30(38)41-13-44-33(27)50)9-61-71(55,56)67-23-7-19(65-36(23)51-17-48-28-31(39)42-14-45-34(28)51)10-63-73(59,60)69-70(53,54)20-4-2-1-3-5-20/h1-5,12-19,21-25,35-36,52H,6-11H2,(H,53,54)(H,55,56)(H,57,58)(H2,37,40,43)(H2,38,41,44)(H2,39,42,45). The lowest BCUT2D eigenvalue weighted by molar-refractivity contribution is -0.0625. The monoisotopic (exact) mass is 1100 g/mol. The number of nitrogens with two attached hydrogens (primary N) is 3. The van der Waals surface area contributed by atoms with Crippen LogP contribution in [0.5, 0.6) is 0 Å². The number of rotatable bonds is 19. The normalized spacial score (nSPS) is 27.2. The molecule has 0 amide bonds. The van der Waals surface area contributed by atoms with Gasteiger partial charge in [-0.25, -0.2) is 58.2 Å². The second kappa shape index (κ2) is 19.9. The van der Waals surface area contributed by atoms with Crippen LogP contribution in [-0.4, -0.2) is 143 Å². The lowest BCUT2D eigenvalue weighted by atomic mass is 10.2. The second-order valence-corrected chi connectivity index (χ2v) is 22.4. The van der Waals surface area contributed by atoms with Crippen LogP contribution in [0.15, 0.2) is 68.3 Å². The van der Waals surface area contributed by atoms with Crippen molar-refractivity contribution in [1.82, 2.24) is 58.6 Å². The van der Waals surface area contributed by atoms with Crippen LogP contribution in [0.2, 0.25) is 0 Å². The van der Waals surface area contributed by atoms with E-state index in [-0.39, 0.29) is 64.3 Å². The zero-order valence-corrected chi connectivity index (χ0v) is 40.6. The first kappa shape index (κ1) is 50.9. The minimum atomic E-state index is -5.19. The molecular weight excluding hydrogens is 1060 g/mol. The maximum absolute atomic E-state index is 13.8. The van der Waals surface area contributed by atoms with Crippen molar-refractivity contribution in [3.63, 3.8) is 0 Å². The number of nitrogens with zero attached hydrogens (tertiary/aromatic N) is 12. The number of benzene rings is 1. The zero-order valence-electron chi connectivity index (χ0n) is 37.1. The van der Waals surface area contributed by atoms with Gasteiger partial charge in [0.2, 0.25) is 0 Å². The number of imidazole rings is 3. The summed E-state index contributed by atoms with van der Waals surface area (Å²) < 4.78 is 120. The Kier molecular flexibility index (Phi) is 13.9. The fourth-order valence-electron chi connectivity index (χ4n) is 8.27. The highest BCUT2D eigenvalue weighted by Gasteiger charge is 2.47. The predicted molar refractivity (Wildman–Crippen MR) is 244 cm³/mol. The highest BCUT2D eigenvalue weighted by atomic mass is 32.3. The van der Waals surface area contributed by atoms with Crippen LogP contribution < -0.4 is 22.5 Å². The molecule has 10 N–H and O–H groups in total. The molecule has 12 atom stereocenters. The molecule has 3 saturated heterocycles. The Hall–Kier alpha value is -5.61. The lowest BCUT2D eigenvalue weighted by Crippen LogP contribution is -2.27. The first-order valence-corrected chi connectivity index (χ1v) is 27.4. The van der Waals surface area contributed by atoms with E-state index in [9.17, 15) is 41.9 Å². The Labute approximate surface area is 409 Å². The number of phosphoric ester groups is 2. The van der Waals surface area contributed by atoms with Gasteiger partial charge in [0.1, 0.15) is 60.1 Å². The van der Waals surface area contributed by atoms with Gasteiger partial charge in [-0.2, -0.15) is 12.4 Å². The van der Waals surface area contributed by atoms with Gasteiger partial charge in [0.05, 0.1) is 62.4 Å². The third kappa shape index (κ3) is 10.8. The van der Waals surface area contributed by atoms with Gasteiger partial charge in [-0.1, -0.05) is 18.2 Å². The van der Waals surface area contributed by atoms with Crippen LogP contribution >= 0.6 is 23.2 Å². The molecule has 12 unspecified atom stereocenters. The molecule has 9 heterocycles. The average molecular weight is 1100 g/mol. The van der Waals surface area contributed by atoms with E-state index in [0.717, 1.165) is 12.7 Å². The van der Waals surface area contributed by atoms with Gasteiger partial charge in [0.25, 0.3) is 0 Å². The average Bonchev–Trinajstić information content (AvgIpc) is 4.21. The Morgan fingerprint density at radius 1 is 0.616 bits per heavy atom. The third-order valence-corrected chi connectivity index (χ3v) is 16.5. The molecule has 37 heteroatoms. The molecule has 0 saturated carbocycles. The van der Waals surface area contributed by atoms with Gasteiger partial charge in [0.15, 0.2) is 46.9 Å². The smallest absolute Gasteiger partial charge is 0.390 e. The SMILES string of the molecule is Nc1ncnc2c1ncn2C1CC(O)C(COP(=O)(O)OC2CC(COP(=O)(O)OC3CC(COS(=O)(=O)OP(=O)(O)c4ccccc4)OC3n3cnc4c(N)ncnc43)OC2n2cnc3c(N)ncnc32)O1. The number of aliphatic hydroxyl groups excluding tert-OH is 1. The molecule has 0 radical (unpaired) electrons. The minimum absolute atomic E-state index is 0.00161. The largest absolute Gasteiger partial charge is 0.472 e. The maximum Gasteiger partial charge on any atom is 0.472 e. The number of hydrogen-bond acceptors (Lipinski definition) is 27. The van der Waals surface area contributed by atoms with Crippen molar-refractivity contribution in [2.75, 3.05) is 37.0 Å². The van der Waals surface area contributed by atoms with Crippen molar-refractivity contribution in [3.05, 3.63) is 68.3 Å². The number of phosphoric acid groups is 2.